The Morgan fingerprint density at radius 3 is 2.57 bits per heavy atom. The van der Waals surface area contributed by atoms with Crippen LogP contribution in [0.4, 0.5) is 17.5 Å². The molecule has 2 aromatic heterocycles. The fraction of sp³-hybridized carbons (Fsp3) is 0.188. The summed E-state index contributed by atoms with van der Waals surface area (Å²) in [7, 11) is -0.294. The molecule has 0 saturated heterocycles. The molecule has 0 bridgehead atoms. The van der Waals surface area contributed by atoms with Crippen molar-refractivity contribution < 1.29 is 14.6 Å². The Bertz CT molecular complexity index is 999. The number of carbonyl (C=O) groups excluding carboxylic acids is 1. The van der Waals surface area contributed by atoms with Crippen molar-refractivity contribution in [2.75, 3.05) is 29.7 Å². The molecule has 146 valence electrons. The summed E-state index contributed by atoms with van der Waals surface area (Å²) < 4.78 is 0. The maximum Gasteiger partial charge on any atom is 0.251 e. The van der Waals surface area contributed by atoms with Gasteiger partial charge in [0.1, 0.15) is 0 Å². The third kappa shape index (κ3) is 4.58. The number of carbonyl (C=O) groups is 1. The highest BCUT2D eigenvalue weighted by Gasteiger charge is 2.11. The third-order valence-corrected chi connectivity index (χ3v) is 4.29. The first kappa shape index (κ1) is 19.6. The minimum Gasteiger partial charge on any atom is -0.382 e. The Hall–Kier alpha value is -3.14. The number of nitrogens with one attached hydrogen (secondary N) is 1. The van der Waals surface area contributed by atoms with E-state index >= 15 is 0 Å². The largest absolute Gasteiger partial charge is 0.382 e. The monoisotopic (exact) mass is 402 g/mol. The lowest BCUT2D eigenvalue weighted by Crippen LogP contribution is -2.23. The molecule has 0 aliphatic rings. The van der Waals surface area contributed by atoms with Crippen molar-refractivity contribution in [2.24, 2.45) is 0 Å². The van der Waals surface area contributed by atoms with E-state index in [1.165, 1.54) is 0 Å². The van der Waals surface area contributed by atoms with Crippen LogP contribution in [0.25, 0.3) is 11.2 Å². The van der Waals surface area contributed by atoms with Gasteiger partial charge in [-0.25, -0.2) is 9.97 Å². The second-order valence-electron chi connectivity index (χ2n) is 5.94. The number of anilines is 3. The normalized spacial score (nSPS) is 11.0. The van der Waals surface area contributed by atoms with Crippen LogP contribution in [-0.2, 0) is 6.54 Å². The number of hydrogen-bond donors (Lipinski definition) is 5. The Morgan fingerprint density at radius 1 is 1.18 bits per heavy atom. The van der Waals surface area contributed by atoms with Crippen LogP contribution in [0, 0.1) is 0 Å². The predicted octanol–water partition coefficient (Wildman–Crippen LogP) is 0.204. The average molecular weight is 402 g/mol. The Balaban J connectivity index is 1.71. The standard InChI is InChI=1S/C16H19N8O3P/c1-24(11-4-2-9(3-5-11)15(25)20-8-28(26)27)7-10-6-19-14-12(21-10)13(17)22-16(18)23-14/h2-6,26-27H,7-8H2,1H3,(H,20,25)(H4,17,18,19,22,23). The van der Waals surface area contributed by atoms with Gasteiger partial charge in [-0.2, -0.15) is 9.97 Å². The Morgan fingerprint density at radius 2 is 1.89 bits per heavy atom. The Labute approximate surface area is 161 Å². The summed E-state index contributed by atoms with van der Waals surface area (Å²) >= 11 is 0. The van der Waals surface area contributed by atoms with Crippen molar-refractivity contribution in [1.29, 1.82) is 0 Å². The van der Waals surface area contributed by atoms with Crippen LogP contribution in [0.15, 0.2) is 30.5 Å². The first-order chi connectivity index (χ1) is 13.3. The van der Waals surface area contributed by atoms with E-state index in [2.05, 4.69) is 25.3 Å². The van der Waals surface area contributed by atoms with Gasteiger partial charge in [-0.15, -0.1) is 0 Å². The van der Waals surface area contributed by atoms with Gasteiger partial charge in [-0.05, 0) is 24.3 Å². The Kier molecular flexibility index (Phi) is 5.78. The number of rotatable bonds is 6. The molecule has 3 rings (SSSR count). The third-order valence-electron chi connectivity index (χ3n) is 3.85. The van der Waals surface area contributed by atoms with Crippen LogP contribution in [0.3, 0.4) is 0 Å². The van der Waals surface area contributed by atoms with Crippen LogP contribution < -0.4 is 21.7 Å². The van der Waals surface area contributed by atoms with Crippen molar-refractivity contribution in [3.05, 3.63) is 41.7 Å². The van der Waals surface area contributed by atoms with Crippen LogP contribution in [-0.4, -0.2) is 49.0 Å². The van der Waals surface area contributed by atoms with E-state index in [9.17, 15) is 4.79 Å². The number of nitrogens with zero attached hydrogens (tertiary/aromatic N) is 5. The van der Waals surface area contributed by atoms with Crippen molar-refractivity contribution in [2.45, 2.75) is 6.54 Å². The highest BCUT2D eigenvalue weighted by atomic mass is 31.2. The number of benzene rings is 1. The molecule has 12 heteroatoms. The van der Waals surface area contributed by atoms with Crippen molar-refractivity contribution in [1.82, 2.24) is 25.3 Å². The molecule has 0 saturated carbocycles. The second kappa shape index (κ2) is 8.26. The van der Waals surface area contributed by atoms with Crippen LogP contribution in [0.2, 0.25) is 0 Å². The molecule has 28 heavy (non-hydrogen) atoms. The minimum absolute atomic E-state index is 0.0443. The molecule has 1 aromatic carbocycles. The van der Waals surface area contributed by atoms with Crippen molar-refractivity contribution >= 4 is 42.9 Å². The zero-order valence-corrected chi connectivity index (χ0v) is 15.8. The molecule has 0 fully saturated rings. The smallest absolute Gasteiger partial charge is 0.251 e. The van der Waals surface area contributed by atoms with Gasteiger partial charge < -0.3 is 31.5 Å². The SMILES string of the molecule is CN(Cc1cnc2nc(N)nc(N)c2n1)c1ccc(C(=O)NCP(O)O)cc1. The zero-order valence-electron chi connectivity index (χ0n) is 14.9. The first-order valence-corrected chi connectivity index (χ1v) is 9.56. The summed E-state index contributed by atoms with van der Waals surface area (Å²) in [6.07, 6.45) is 1.42. The number of nitrogen functional groups attached to an aromatic ring is 2. The van der Waals surface area contributed by atoms with Gasteiger partial charge >= 0.3 is 0 Å². The van der Waals surface area contributed by atoms with Gasteiger partial charge in [-0.3, -0.25) is 4.79 Å². The van der Waals surface area contributed by atoms with Gasteiger partial charge in [-0.1, -0.05) is 0 Å². The molecule has 0 atom stereocenters. The number of nitrogens with two attached hydrogens (primary N) is 2. The molecule has 1 amide bonds. The summed E-state index contributed by atoms with van der Waals surface area (Å²) in [5.41, 5.74) is 14.1. The van der Waals surface area contributed by atoms with E-state index in [4.69, 9.17) is 21.3 Å². The number of amides is 1. The first-order valence-electron chi connectivity index (χ1n) is 8.13. The molecule has 0 aliphatic heterocycles. The summed E-state index contributed by atoms with van der Waals surface area (Å²) in [6.45, 7) is 0.442. The van der Waals surface area contributed by atoms with Gasteiger partial charge in [0.2, 0.25) is 5.95 Å². The molecular formula is C16H19N8O3P. The molecule has 11 nitrogen and oxygen atoms in total. The maximum atomic E-state index is 11.9. The lowest BCUT2D eigenvalue weighted by atomic mass is 10.2. The number of fused-ring (bicyclic) bond motifs is 1. The second-order valence-corrected chi connectivity index (χ2v) is 7.00. The fourth-order valence-corrected chi connectivity index (χ4v) is 2.79. The topological polar surface area (TPSA) is 176 Å². The minimum atomic E-state index is -2.16. The molecule has 2 heterocycles. The van der Waals surface area contributed by atoms with E-state index in [-0.39, 0.29) is 24.0 Å². The molecule has 0 spiro atoms. The van der Waals surface area contributed by atoms with Gasteiger partial charge in [0.15, 0.2) is 25.4 Å². The summed E-state index contributed by atoms with van der Waals surface area (Å²) in [4.78, 5) is 48.1. The van der Waals surface area contributed by atoms with Crippen molar-refractivity contribution in [3.8, 4) is 0 Å². The van der Waals surface area contributed by atoms with E-state index in [0.29, 0.717) is 29.0 Å². The highest BCUT2D eigenvalue weighted by molar-refractivity contribution is 7.45. The zero-order chi connectivity index (χ0) is 20.3. The van der Waals surface area contributed by atoms with E-state index in [0.717, 1.165) is 5.69 Å². The van der Waals surface area contributed by atoms with Gasteiger partial charge in [0.25, 0.3) is 5.91 Å². The van der Waals surface area contributed by atoms with Crippen molar-refractivity contribution in [3.63, 3.8) is 0 Å². The molecule has 0 unspecified atom stereocenters. The molecule has 0 aliphatic carbocycles. The van der Waals surface area contributed by atoms with E-state index < -0.39 is 8.38 Å². The number of hydrogen-bond acceptors (Lipinski definition) is 10. The fourth-order valence-electron chi connectivity index (χ4n) is 2.51. The van der Waals surface area contributed by atoms with Crippen LogP contribution in [0.1, 0.15) is 16.1 Å². The van der Waals surface area contributed by atoms with Gasteiger partial charge in [0, 0.05) is 18.3 Å². The van der Waals surface area contributed by atoms with Crippen LogP contribution >= 0.6 is 8.38 Å². The van der Waals surface area contributed by atoms with Crippen LogP contribution in [0.5, 0.6) is 0 Å². The molecular weight excluding hydrogens is 383 g/mol. The molecule has 0 radical (unpaired) electrons. The lowest BCUT2D eigenvalue weighted by molar-refractivity contribution is 0.0958. The average Bonchev–Trinajstić information content (AvgIpc) is 2.66. The highest BCUT2D eigenvalue weighted by Crippen LogP contribution is 2.21. The summed E-state index contributed by atoms with van der Waals surface area (Å²) in [6, 6.07) is 6.86. The number of aromatic nitrogens is 4. The maximum absolute atomic E-state index is 11.9. The lowest BCUT2D eigenvalue weighted by Gasteiger charge is -2.19. The quantitative estimate of drug-likeness (QED) is 0.358. The van der Waals surface area contributed by atoms with Gasteiger partial charge in [0.05, 0.1) is 24.7 Å². The molecule has 3 aromatic rings. The molecule has 7 N–H and O–H groups in total. The summed E-state index contributed by atoms with van der Waals surface area (Å²) in [5, 5.41) is 2.44. The predicted molar refractivity (Wildman–Crippen MR) is 106 cm³/mol. The van der Waals surface area contributed by atoms with E-state index in [1.807, 2.05) is 11.9 Å². The summed E-state index contributed by atoms with van der Waals surface area (Å²) in [5.74, 6) is -0.160. The van der Waals surface area contributed by atoms with E-state index in [1.54, 1.807) is 30.5 Å².